The lowest BCUT2D eigenvalue weighted by atomic mass is 10.0. The lowest BCUT2D eigenvalue weighted by Crippen LogP contribution is -2.54. The average Bonchev–Trinajstić information content (AvgIpc) is 2.98. The zero-order valence-electron chi connectivity index (χ0n) is 25.4. The van der Waals surface area contributed by atoms with E-state index in [2.05, 4.69) is 5.32 Å². The molecule has 0 fully saturated rings. The molecule has 0 saturated carbocycles. The van der Waals surface area contributed by atoms with E-state index in [4.69, 9.17) is 11.6 Å². The van der Waals surface area contributed by atoms with Gasteiger partial charge >= 0.3 is 0 Å². The van der Waals surface area contributed by atoms with Crippen molar-refractivity contribution in [3.05, 3.63) is 130 Å². The molecule has 0 saturated heterocycles. The van der Waals surface area contributed by atoms with Gasteiger partial charge in [0, 0.05) is 24.0 Å². The summed E-state index contributed by atoms with van der Waals surface area (Å²) in [6.45, 7) is 6.92. The Morgan fingerprint density at radius 2 is 1.48 bits per heavy atom. The smallest absolute Gasteiger partial charge is 0.264 e. The van der Waals surface area contributed by atoms with Crippen LogP contribution in [0.2, 0.25) is 5.02 Å². The van der Waals surface area contributed by atoms with Crippen LogP contribution in [0.15, 0.2) is 108 Å². The van der Waals surface area contributed by atoms with E-state index in [-0.39, 0.29) is 29.8 Å². The van der Waals surface area contributed by atoms with Crippen LogP contribution in [-0.4, -0.2) is 43.8 Å². The first-order valence-electron chi connectivity index (χ1n) is 14.5. The van der Waals surface area contributed by atoms with E-state index in [1.165, 1.54) is 17.0 Å². The van der Waals surface area contributed by atoms with Crippen LogP contribution in [-0.2, 0) is 32.6 Å². The highest BCUT2D eigenvalue weighted by Gasteiger charge is 2.35. The summed E-state index contributed by atoms with van der Waals surface area (Å²) in [4.78, 5) is 29.7. The summed E-state index contributed by atoms with van der Waals surface area (Å²) in [5.41, 5.74) is 3.60. The molecule has 9 heteroatoms. The Morgan fingerprint density at radius 3 is 2.11 bits per heavy atom. The predicted molar refractivity (Wildman–Crippen MR) is 176 cm³/mol. The maximum atomic E-state index is 14.5. The summed E-state index contributed by atoms with van der Waals surface area (Å²) in [5, 5.41) is 3.40. The lowest BCUT2D eigenvalue weighted by Gasteiger charge is -2.34. The van der Waals surface area contributed by atoms with Crippen molar-refractivity contribution in [1.82, 2.24) is 10.2 Å². The highest BCUT2D eigenvalue weighted by Crippen LogP contribution is 2.27. The molecule has 4 aromatic carbocycles. The fourth-order valence-electron chi connectivity index (χ4n) is 4.89. The van der Waals surface area contributed by atoms with Gasteiger partial charge in [0.2, 0.25) is 11.8 Å². The minimum Gasteiger partial charge on any atom is -0.352 e. The molecule has 1 N–H and O–H groups in total. The number of nitrogens with zero attached hydrogens (tertiary/aromatic N) is 2. The molecule has 4 rings (SSSR count). The molecule has 0 radical (unpaired) electrons. The number of hydrogen-bond donors (Lipinski definition) is 1. The number of anilines is 1. The SMILES string of the molecule is Cc1ccc(S(=O)(=O)N(CC(=O)N(Cc2ccccc2Cl)[C@@H](Cc2ccccc2)C(=O)NC(C)C)c2cccc(C)c2)cc1. The standard InChI is InChI=1S/C35H38ClN3O4S/c1-25(2)37-35(41)33(22-28-12-6-5-7-13-28)38(23-29-14-8-9-16-32(29)36)34(40)24-39(30-15-10-11-27(4)21-30)44(42,43)31-19-17-26(3)18-20-31/h5-21,25,33H,22-24H2,1-4H3,(H,37,41)/t33-/m0/s1. The van der Waals surface area contributed by atoms with Crippen molar-refractivity contribution in [2.75, 3.05) is 10.8 Å². The molecule has 7 nitrogen and oxygen atoms in total. The maximum absolute atomic E-state index is 14.5. The molecular weight excluding hydrogens is 594 g/mol. The topological polar surface area (TPSA) is 86.8 Å². The number of carbonyl (C=O) groups is 2. The number of aryl methyl sites for hydroxylation is 2. The van der Waals surface area contributed by atoms with Crippen LogP contribution in [0.3, 0.4) is 0 Å². The average molecular weight is 632 g/mol. The van der Waals surface area contributed by atoms with Gasteiger partial charge in [0.25, 0.3) is 10.0 Å². The first-order chi connectivity index (χ1) is 21.0. The van der Waals surface area contributed by atoms with Gasteiger partial charge < -0.3 is 10.2 Å². The molecule has 0 unspecified atom stereocenters. The van der Waals surface area contributed by atoms with E-state index in [1.54, 1.807) is 48.5 Å². The Labute approximate surface area is 265 Å². The van der Waals surface area contributed by atoms with Gasteiger partial charge in [0.1, 0.15) is 12.6 Å². The molecule has 0 aliphatic heterocycles. The highest BCUT2D eigenvalue weighted by molar-refractivity contribution is 7.92. The van der Waals surface area contributed by atoms with Crippen molar-refractivity contribution in [3.8, 4) is 0 Å². The van der Waals surface area contributed by atoms with Gasteiger partial charge in [-0.05, 0) is 74.7 Å². The zero-order valence-corrected chi connectivity index (χ0v) is 27.0. The van der Waals surface area contributed by atoms with Crippen LogP contribution >= 0.6 is 11.6 Å². The summed E-state index contributed by atoms with van der Waals surface area (Å²) >= 11 is 6.54. The number of rotatable bonds is 12. The quantitative estimate of drug-likeness (QED) is 0.198. The fraction of sp³-hybridized carbons (Fsp3) is 0.257. The molecule has 0 aromatic heterocycles. The Balaban J connectivity index is 1.82. The molecule has 4 aromatic rings. The van der Waals surface area contributed by atoms with Crippen molar-refractivity contribution >= 4 is 39.1 Å². The molecule has 0 aliphatic rings. The van der Waals surface area contributed by atoms with Crippen LogP contribution < -0.4 is 9.62 Å². The van der Waals surface area contributed by atoms with E-state index in [1.807, 2.05) is 70.2 Å². The molecule has 0 heterocycles. The van der Waals surface area contributed by atoms with Crippen molar-refractivity contribution in [2.45, 2.75) is 57.6 Å². The van der Waals surface area contributed by atoms with E-state index in [0.717, 1.165) is 21.0 Å². The first-order valence-corrected chi connectivity index (χ1v) is 16.3. The molecule has 44 heavy (non-hydrogen) atoms. The van der Waals surface area contributed by atoms with Gasteiger partial charge in [-0.3, -0.25) is 13.9 Å². The Hall–Kier alpha value is -4.14. The number of amides is 2. The number of nitrogens with one attached hydrogen (secondary N) is 1. The van der Waals surface area contributed by atoms with Crippen molar-refractivity contribution < 1.29 is 18.0 Å². The highest BCUT2D eigenvalue weighted by atomic mass is 35.5. The van der Waals surface area contributed by atoms with Gasteiger partial charge in [0.05, 0.1) is 10.6 Å². The van der Waals surface area contributed by atoms with Crippen LogP contribution in [0.5, 0.6) is 0 Å². The van der Waals surface area contributed by atoms with E-state index < -0.39 is 28.5 Å². The second-order valence-electron chi connectivity index (χ2n) is 11.1. The maximum Gasteiger partial charge on any atom is 0.264 e. The number of hydrogen-bond acceptors (Lipinski definition) is 4. The molecule has 230 valence electrons. The zero-order chi connectivity index (χ0) is 31.9. The number of benzene rings is 4. The molecular formula is C35H38ClN3O4S. The van der Waals surface area contributed by atoms with Gasteiger partial charge in [-0.2, -0.15) is 0 Å². The van der Waals surface area contributed by atoms with E-state index in [9.17, 15) is 18.0 Å². The monoisotopic (exact) mass is 631 g/mol. The summed E-state index contributed by atoms with van der Waals surface area (Å²) in [6, 6.07) is 28.9. The second kappa shape index (κ2) is 14.6. The largest absolute Gasteiger partial charge is 0.352 e. The third-order valence-electron chi connectivity index (χ3n) is 7.18. The van der Waals surface area contributed by atoms with Crippen LogP contribution in [0, 0.1) is 13.8 Å². The Kier molecular flexibility index (Phi) is 10.8. The van der Waals surface area contributed by atoms with Crippen molar-refractivity contribution in [2.24, 2.45) is 0 Å². The third-order valence-corrected chi connectivity index (χ3v) is 9.33. The second-order valence-corrected chi connectivity index (χ2v) is 13.4. The third kappa shape index (κ3) is 8.27. The van der Waals surface area contributed by atoms with Gasteiger partial charge in [-0.15, -0.1) is 0 Å². The summed E-state index contributed by atoms with van der Waals surface area (Å²) in [6.07, 6.45) is 0.227. The minimum absolute atomic E-state index is 0.00770. The fourth-order valence-corrected chi connectivity index (χ4v) is 6.50. The van der Waals surface area contributed by atoms with Gasteiger partial charge in [-0.25, -0.2) is 8.42 Å². The van der Waals surface area contributed by atoms with E-state index >= 15 is 0 Å². The molecule has 0 aliphatic carbocycles. The number of carbonyl (C=O) groups excluding carboxylic acids is 2. The summed E-state index contributed by atoms with van der Waals surface area (Å²) in [7, 11) is -4.16. The number of halogens is 1. The van der Waals surface area contributed by atoms with Crippen LogP contribution in [0.25, 0.3) is 0 Å². The molecule has 1 atom stereocenters. The Bertz CT molecular complexity index is 1690. The molecule has 2 amide bonds. The minimum atomic E-state index is -4.16. The molecule has 0 spiro atoms. The van der Waals surface area contributed by atoms with Gasteiger partial charge in [0.15, 0.2) is 0 Å². The van der Waals surface area contributed by atoms with Crippen LogP contribution in [0.1, 0.15) is 36.1 Å². The first kappa shape index (κ1) is 32.8. The summed E-state index contributed by atoms with van der Waals surface area (Å²) < 4.78 is 29.4. The number of sulfonamides is 1. The summed E-state index contributed by atoms with van der Waals surface area (Å²) in [5.74, 6) is -0.880. The predicted octanol–water partition coefficient (Wildman–Crippen LogP) is 6.32. The lowest BCUT2D eigenvalue weighted by molar-refractivity contribution is -0.140. The molecule has 0 bridgehead atoms. The van der Waals surface area contributed by atoms with Crippen molar-refractivity contribution in [1.29, 1.82) is 0 Å². The Morgan fingerprint density at radius 1 is 0.818 bits per heavy atom. The van der Waals surface area contributed by atoms with Crippen molar-refractivity contribution in [3.63, 3.8) is 0 Å². The van der Waals surface area contributed by atoms with Crippen LogP contribution in [0.4, 0.5) is 5.69 Å². The van der Waals surface area contributed by atoms with E-state index in [0.29, 0.717) is 16.3 Å². The van der Waals surface area contributed by atoms with Gasteiger partial charge in [-0.1, -0.05) is 90.0 Å². The normalized spacial score (nSPS) is 12.0.